The summed E-state index contributed by atoms with van der Waals surface area (Å²) < 4.78 is 1.29. The summed E-state index contributed by atoms with van der Waals surface area (Å²) >= 11 is 6.47. The van der Waals surface area contributed by atoms with Crippen LogP contribution in [0.5, 0.6) is 0 Å². The Morgan fingerprint density at radius 1 is 0.971 bits per heavy atom. The summed E-state index contributed by atoms with van der Waals surface area (Å²) in [4.78, 5) is 44.0. The van der Waals surface area contributed by atoms with E-state index in [-0.39, 0.29) is 28.9 Å². The molecule has 10 heteroatoms. The van der Waals surface area contributed by atoms with E-state index in [2.05, 4.69) is 15.3 Å². The Morgan fingerprint density at radius 3 is 2.40 bits per heavy atom. The molecule has 0 unspecified atom stereocenters. The van der Waals surface area contributed by atoms with Crippen LogP contribution in [0, 0.1) is 0 Å². The zero-order valence-electron chi connectivity index (χ0n) is 19.2. The SMILES string of the molecule is C[C@@H](C(=O)N1CC(=O)Nc2ccccc21)N1CCN(c2cnn(-c3ccccc3)c(=O)c2Cl)CC1. The van der Waals surface area contributed by atoms with Gasteiger partial charge in [-0.25, -0.2) is 0 Å². The second-order valence-electron chi connectivity index (χ2n) is 8.58. The topological polar surface area (TPSA) is 90.8 Å². The Bertz CT molecular complexity index is 1320. The minimum atomic E-state index is -0.407. The van der Waals surface area contributed by atoms with Crippen LogP contribution in [0.3, 0.4) is 0 Å². The van der Waals surface area contributed by atoms with Crippen LogP contribution in [0.1, 0.15) is 6.92 Å². The zero-order chi connectivity index (χ0) is 24.5. The molecule has 0 bridgehead atoms. The second-order valence-corrected chi connectivity index (χ2v) is 8.96. The summed E-state index contributed by atoms with van der Waals surface area (Å²) in [6.45, 7) is 4.25. The molecule has 1 saturated heterocycles. The van der Waals surface area contributed by atoms with Crippen LogP contribution in [0.25, 0.3) is 5.69 Å². The first-order valence-electron chi connectivity index (χ1n) is 11.5. The number of nitrogens with one attached hydrogen (secondary N) is 1. The molecular formula is C25H25ClN6O3. The Morgan fingerprint density at radius 2 is 1.66 bits per heavy atom. The fourth-order valence-electron chi connectivity index (χ4n) is 4.56. The predicted molar refractivity (Wildman–Crippen MR) is 136 cm³/mol. The van der Waals surface area contributed by atoms with Crippen molar-refractivity contribution in [1.82, 2.24) is 14.7 Å². The van der Waals surface area contributed by atoms with Gasteiger partial charge in [-0.3, -0.25) is 24.2 Å². The maximum Gasteiger partial charge on any atom is 0.292 e. The minimum Gasteiger partial charge on any atom is -0.366 e. The van der Waals surface area contributed by atoms with E-state index in [1.807, 2.05) is 48.2 Å². The van der Waals surface area contributed by atoms with Crippen LogP contribution in [-0.2, 0) is 9.59 Å². The van der Waals surface area contributed by atoms with E-state index in [1.54, 1.807) is 29.3 Å². The van der Waals surface area contributed by atoms with Crippen molar-refractivity contribution in [3.05, 3.63) is 76.2 Å². The molecule has 0 radical (unpaired) electrons. The molecule has 1 fully saturated rings. The average Bonchev–Trinajstić information content (AvgIpc) is 2.89. The maximum atomic E-state index is 13.3. The average molecular weight is 493 g/mol. The molecule has 2 aliphatic rings. The number of anilines is 3. The highest BCUT2D eigenvalue weighted by molar-refractivity contribution is 6.33. The summed E-state index contributed by atoms with van der Waals surface area (Å²) in [5.41, 5.74) is 2.21. The number of piperazine rings is 1. The third kappa shape index (κ3) is 4.40. The van der Waals surface area contributed by atoms with E-state index in [0.717, 1.165) is 0 Å². The molecular weight excluding hydrogens is 468 g/mol. The maximum absolute atomic E-state index is 13.3. The number of nitrogens with zero attached hydrogens (tertiary/aromatic N) is 5. The molecule has 1 N–H and O–H groups in total. The Balaban J connectivity index is 1.28. The molecule has 0 spiro atoms. The van der Waals surface area contributed by atoms with Crippen molar-refractivity contribution >= 4 is 40.5 Å². The number of hydrogen-bond donors (Lipinski definition) is 1. The molecule has 3 heterocycles. The Kier molecular flexibility index (Phi) is 6.27. The number of amides is 2. The van der Waals surface area contributed by atoms with Crippen LogP contribution in [0.2, 0.25) is 5.02 Å². The highest BCUT2D eigenvalue weighted by Gasteiger charge is 2.33. The molecule has 180 valence electrons. The first-order chi connectivity index (χ1) is 16.9. The molecule has 2 amide bonds. The molecule has 1 aromatic heterocycles. The summed E-state index contributed by atoms with van der Waals surface area (Å²) in [7, 11) is 0. The van der Waals surface area contributed by atoms with E-state index < -0.39 is 6.04 Å². The van der Waals surface area contributed by atoms with Crippen LogP contribution in [-0.4, -0.2) is 65.3 Å². The molecule has 2 aliphatic heterocycles. The molecule has 2 aromatic carbocycles. The molecule has 5 rings (SSSR count). The van der Waals surface area contributed by atoms with E-state index in [4.69, 9.17) is 11.6 Å². The van der Waals surface area contributed by atoms with Crippen LogP contribution < -0.4 is 20.7 Å². The molecule has 3 aromatic rings. The van der Waals surface area contributed by atoms with Gasteiger partial charge in [0.1, 0.15) is 11.6 Å². The molecule has 0 aliphatic carbocycles. The molecule has 35 heavy (non-hydrogen) atoms. The fraction of sp³-hybridized carbons (Fsp3) is 0.280. The Hall–Kier alpha value is -3.69. The lowest BCUT2D eigenvalue weighted by Gasteiger charge is -2.40. The van der Waals surface area contributed by atoms with Crippen molar-refractivity contribution in [2.75, 3.05) is 47.8 Å². The number of fused-ring (bicyclic) bond motifs is 1. The van der Waals surface area contributed by atoms with E-state index in [0.29, 0.717) is 48.9 Å². The van der Waals surface area contributed by atoms with Gasteiger partial charge >= 0.3 is 0 Å². The summed E-state index contributed by atoms with van der Waals surface area (Å²) in [5.74, 6) is -0.327. The van der Waals surface area contributed by atoms with E-state index in [1.165, 1.54) is 4.68 Å². The van der Waals surface area contributed by atoms with Crippen LogP contribution in [0.4, 0.5) is 17.1 Å². The van der Waals surface area contributed by atoms with Gasteiger partial charge in [0.15, 0.2) is 0 Å². The lowest BCUT2D eigenvalue weighted by Crippen LogP contribution is -2.56. The second kappa shape index (κ2) is 9.52. The standard InChI is InChI=1S/C25H25ClN6O3/c1-17(24(34)31-16-22(33)28-19-9-5-6-10-20(19)31)29-11-13-30(14-12-29)21-15-27-32(25(35)23(21)26)18-7-3-2-4-8-18/h2-10,15,17H,11-14,16H2,1H3,(H,28,33)/t17-/m0/s1. The molecule has 0 saturated carbocycles. The van der Waals surface area contributed by atoms with Gasteiger partial charge in [-0.05, 0) is 31.2 Å². The van der Waals surface area contributed by atoms with Gasteiger partial charge in [0.2, 0.25) is 11.8 Å². The van der Waals surface area contributed by atoms with Crippen LogP contribution >= 0.6 is 11.6 Å². The summed E-state index contributed by atoms with van der Waals surface area (Å²) in [5, 5.41) is 7.26. The first-order valence-corrected chi connectivity index (χ1v) is 11.8. The lowest BCUT2D eigenvalue weighted by molar-refractivity contribution is -0.125. The van der Waals surface area contributed by atoms with E-state index >= 15 is 0 Å². The fourth-order valence-corrected chi connectivity index (χ4v) is 4.81. The van der Waals surface area contributed by atoms with Crippen molar-refractivity contribution < 1.29 is 9.59 Å². The third-order valence-corrected chi connectivity index (χ3v) is 6.85. The predicted octanol–water partition coefficient (Wildman–Crippen LogP) is 2.38. The number of halogens is 1. The minimum absolute atomic E-state index is 0.000858. The van der Waals surface area contributed by atoms with Crippen molar-refractivity contribution in [3.8, 4) is 5.69 Å². The zero-order valence-corrected chi connectivity index (χ0v) is 20.0. The highest BCUT2D eigenvalue weighted by atomic mass is 35.5. The van der Waals surface area contributed by atoms with Crippen molar-refractivity contribution in [3.63, 3.8) is 0 Å². The quantitative estimate of drug-likeness (QED) is 0.601. The number of carbonyl (C=O) groups is 2. The van der Waals surface area contributed by atoms with Gasteiger partial charge in [-0.2, -0.15) is 9.78 Å². The van der Waals surface area contributed by atoms with Crippen molar-refractivity contribution in [2.24, 2.45) is 0 Å². The number of hydrogen-bond acceptors (Lipinski definition) is 6. The smallest absolute Gasteiger partial charge is 0.292 e. The third-order valence-electron chi connectivity index (χ3n) is 6.50. The largest absolute Gasteiger partial charge is 0.366 e. The first kappa shape index (κ1) is 23.1. The van der Waals surface area contributed by atoms with Gasteiger partial charge in [0, 0.05) is 26.2 Å². The normalized spacial score (nSPS) is 17.0. The van der Waals surface area contributed by atoms with Gasteiger partial charge < -0.3 is 10.2 Å². The van der Waals surface area contributed by atoms with Crippen LogP contribution in [0.15, 0.2) is 65.6 Å². The summed E-state index contributed by atoms with van der Waals surface area (Å²) in [6, 6.07) is 16.0. The van der Waals surface area contributed by atoms with Gasteiger partial charge in [0.05, 0.1) is 35.0 Å². The highest BCUT2D eigenvalue weighted by Crippen LogP contribution is 2.30. The van der Waals surface area contributed by atoms with Crippen molar-refractivity contribution in [1.29, 1.82) is 0 Å². The summed E-state index contributed by atoms with van der Waals surface area (Å²) in [6.07, 6.45) is 1.62. The van der Waals surface area contributed by atoms with Gasteiger partial charge in [-0.15, -0.1) is 0 Å². The number of rotatable bonds is 4. The Labute approximate surface area is 207 Å². The van der Waals surface area contributed by atoms with E-state index in [9.17, 15) is 14.4 Å². The van der Waals surface area contributed by atoms with Gasteiger partial charge in [0.25, 0.3) is 5.56 Å². The molecule has 9 nitrogen and oxygen atoms in total. The molecule has 1 atom stereocenters. The van der Waals surface area contributed by atoms with Crippen molar-refractivity contribution in [2.45, 2.75) is 13.0 Å². The number of carbonyl (C=O) groups excluding carboxylic acids is 2. The van der Waals surface area contributed by atoms with Gasteiger partial charge in [-0.1, -0.05) is 41.9 Å². The lowest BCUT2D eigenvalue weighted by atomic mass is 10.1. The number of para-hydroxylation sites is 3. The monoisotopic (exact) mass is 492 g/mol. The number of benzene rings is 2. The number of aromatic nitrogens is 2.